The minimum Gasteiger partial charge on any atom is -0.496 e. The average molecular weight is 431 g/mol. The zero-order valence-electron chi connectivity index (χ0n) is 16.8. The summed E-state index contributed by atoms with van der Waals surface area (Å²) in [6.07, 6.45) is 3.28. The highest BCUT2D eigenvalue weighted by molar-refractivity contribution is 6.31. The lowest BCUT2D eigenvalue weighted by Gasteiger charge is -2.26. The molecule has 4 rings (SSSR count). The minimum atomic E-state index is -0.523. The van der Waals surface area contributed by atoms with Crippen molar-refractivity contribution in [1.29, 1.82) is 0 Å². The number of nitrogens with zero attached hydrogens (tertiary/aromatic N) is 1. The van der Waals surface area contributed by atoms with Gasteiger partial charge in [0.25, 0.3) is 5.91 Å². The molecule has 1 unspecified atom stereocenters. The van der Waals surface area contributed by atoms with Gasteiger partial charge in [-0.3, -0.25) is 9.59 Å². The van der Waals surface area contributed by atoms with Gasteiger partial charge < -0.3 is 15.0 Å². The lowest BCUT2D eigenvalue weighted by molar-refractivity contribution is -0.124. The number of hydrogen-bond donors (Lipinski definition) is 1. The highest BCUT2D eigenvalue weighted by Crippen LogP contribution is 2.47. The van der Waals surface area contributed by atoms with Gasteiger partial charge in [-0.25, -0.2) is 4.39 Å². The Balaban J connectivity index is 1.45. The number of methoxy groups -OCH3 is 1. The molecule has 30 heavy (non-hydrogen) atoms. The van der Waals surface area contributed by atoms with Crippen molar-refractivity contribution in [2.24, 2.45) is 0 Å². The zero-order valence-corrected chi connectivity index (χ0v) is 17.5. The third-order valence-corrected chi connectivity index (χ3v) is 6.35. The lowest BCUT2D eigenvalue weighted by Crippen LogP contribution is -2.47. The van der Waals surface area contributed by atoms with Crippen LogP contribution in [0, 0.1) is 5.82 Å². The van der Waals surface area contributed by atoms with Crippen LogP contribution in [0.2, 0.25) is 5.02 Å². The van der Waals surface area contributed by atoms with Crippen LogP contribution in [0.1, 0.15) is 41.6 Å². The van der Waals surface area contributed by atoms with Crippen LogP contribution in [0.5, 0.6) is 5.75 Å². The van der Waals surface area contributed by atoms with Gasteiger partial charge in [0, 0.05) is 23.5 Å². The number of likely N-dealkylation sites (tertiary alicyclic amines) is 1. The fourth-order valence-electron chi connectivity index (χ4n) is 4.18. The van der Waals surface area contributed by atoms with Crippen LogP contribution in [0.4, 0.5) is 4.39 Å². The summed E-state index contributed by atoms with van der Waals surface area (Å²) in [6.45, 7) is 0.992. The third-order valence-electron chi connectivity index (χ3n) is 6.12. The summed E-state index contributed by atoms with van der Waals surface area (Å²) in [5.74, 6) is -0.249. The summed E-state index contributed by atoms with van der Waals surface area (Å²) >= 11 is 6.07. The number of nitrogens with one attached hydrogen (secondary N) is 1. The summed E-state index contributed by atoms with van der Waals surface area (Å²) in [5, 5.41) is 3.47. The molecule has 2 aromatic carbocycles. The van der Waals surface area contributed by atoms with E-state index in [2.05, 4.69) is 5.32 Å². The molecule has 2 fully saturated rings. The molecule has 1 saturated carbocycles. The second kappa shape index (κ2) is 8.26. The van der Waals surface area contributed by atoms with E-state index in [1.54, 1.807) is 35.2 Å². The second-order valence-electron chi connectivity index (χ2n) is 8.01. The Kier molecular flexibility index (Phi) is 5.69. The zero-order chi connectivity index (χ0) is 21.3. The van der Waals surface area contributed by atoms with Crippen molar-refractivity contribution in [2.45, 2.75) is 37.1 Å². The number of benzene rings is 2. The van der Waals surface area contributed by atoms with Gasteiger partial charge in [0.1, 0.15) is 17.6 Å². The number of halogens is 2. The molecular formula is C23H24ClFN2O3. The largest absolute Gasteiger partial charge is 0.496 e. The van der Waals surface area contributed by atoms with Crippen molar-refractivity contribution in [2.75, 3.05) is 20.2 Å². The molecule has 1 N–H and O–H groups in total. The Morgan fingerprint density at radius 1 is 1.23 bits per heavy atom. The van der Waals surface area contributed by atoms with Gasteiger partial charge in [-0.05, 0) is 61.6 Å². The van der Waals surface area contributed by atoms with Gasteiger partial charge in [-0.2, -0.15) is 0 Å². The minimum absolute atomic E-state index is 0.132. The molecule has 1 heterocycles. The highest BCUT2D eigenvalue weighted by Gasteiger charge is 2.45. The predicted molar refractivity (Wildman–Crippen MR) is 112 cm³/mol. The van der Waals surface area contributed by atoms with Crippen molar-refractivity contribution < 1.29 is 18.7 Å². The standard InChI is InChI=1S/C23H24ClFN2O3/c1-30-20-9-6-16(24)13-18(20)22(29)27-12-2-3-19(27)21(28)26-14-23(10-11-23)15-4-7-17(25)8-5-15/h4-9,13,19H,2-3,10-12,14H2,1H3,(H,26,28). The quantitative estimate of drug-likeness (QED) is 0.755. The fourth-order valence-corrected chi connectivity index (χ4v) is 4.35. The first-order valence-corrected chi connectivity index (χ1v) is 10.5. The molecule has 1 saturated heterocycles. The van der Waals surface area contributed by atoms with Gasteiger partial charge in [0.15, 0.2) is 0 Å². The molecule has 2 amide bonds. The number of rotatable bonds is 6. The fraction of sp³-hybridized carbons (Fsp3) is 0.391. The summed E-state index contributed by atoms with van der Waals surface area (Å²) in [6, 6.07) is 10.8. The molecule has 1 aliphatic heterocycles. The number of carbonyl (C=O) groups excluding carboxylic acids is 2. The maximum atomic E-state index is 13.2. The molecule has 158 valence electrons. The highest BCUT2D eigenvalue weighted by atomic mass is 35.5. The number of carbonyl (C=O) groups is 2. The van der Waals surface area contributed by atoms with Gasteiger partial charge in [-0.1, -0.05) is 23.7 Å². The van der Waals surface area contributed by atoms with E-state index < -0.39 is 6.04 Å². The molecule has 2 aliphatic rings. The number of ether oxygens (including phenoxy) is 1. The van der Waals surface area contributed by atoms with E-state index in [0.29, 0.717) is 35.8 Å². The molecule has 5 nitrogen and oxygen atoms in total. The second-order valence-corrected chi connectivity index (χ2v) is 8.44. The first-order valence-electron chi connectivity index (χ1n) is 10.1. The summed E-state index contributed by atoms with van der Waals surface area (Å²) in [7, 11) is 1.50. The lowest BCUT2D eigenvalue weighted by atomic mass is 9.95. The summed E-state index contributed by atoms with van der Waals surface area (Å²) in [4.78, 5) is 27.7. The molecule has 7 heteroatoms. The van der Waals surface area contributed by atoms with Crippen molar-refractivity contribution in [3.8, 4) is 5.75 Å². The monoisotopic (exact) mass is 430 g/mol. The molecule has 0 radical (unpaired) electrons. The Hall–Kier alpha value is -2.60. The van der Waals surface area contributed by atoms with Crippen molar-refractivity contribution in [3.05, 3.63) is 64.4 Å². The number of amides is 2. The molecular weight excluding hydrogens is 407 g/mol. The smallest absolute Gasteiger partial charge is 0.258 e. The van der Waals surface area contributed by atoms with Gasteiger partial charge >= 0.3 is 0 Å². The van der Waals surface area contributed by atoms with Crippen LogP contribution < -0.4 is 10.1 Å². The van der Waals surface area contributed by atoms with Crippen LogP contribution >= 0.6 is 11.6 Å². The molecule has 0 bridgehead atoms. The Morgan fingerprint density at radius 3 is 2.63 bits per heavy atom. The maximum absolute atomic E-state index is 13.2. The van der Waals surface area contributed by atoms with E-state index in [-0.39, 0.29) is 23.0 Å². The van der Waals surface area contributed by atoms with E-state index in [9.17, 15) is 14.0 Å². The molecule has 0 spiro atoms. The first-order chi connectivity index (χ1) is 14.4. The van der Waals surface area contributed by atoms with Crippen LogP contribution in [0.25, 0.3) is 0 Å². The average Bonchev–Trinajstić information content (AvgIpc) is 3.38. The molecule has 1 atom stereocenters. The van der Waals surface area contributed by atoms with Crippen LogP contribution in [-0.2, 0) is 10.2 Å². The van der Waals surface area contributed by atoms with Crippen molar-refractivity contribution in [1.82, 2.24) is 10.2 Å². The Labute approximate surface area is 180 Å². The van der Waals surface area contributed by atoms with Gasteiger partial charge in [0.05, 0.1) is 12.7 Å². The van der Waals surface area contributed by atoms with Crippen LogP contribution in [0.15, 0.2) is 42.5 Å². The van der Waals surface area contributed by atoms with Gasteiger partial charge in [0.2, 0.25) is 5.91 Å². The normalized spacial score (nSPS) is 19.4. The third kappa shape index (κ3) is 4.01. The summed E-state index contributed by atoms with van der Waals surface area (Å²) < 4.78 is 18.5. The van der Waals surface area contributed by atoms with E-state index in [0.717, 1.165) is 24.8 Å². The molecule has 1 aliphatic carbocycles. The Morgan fingerprint density at radius 2 is 1.97 bits per heavy atom. The SMILES string of the molecule is COc1ccc(Cl)cc1C(=O)N1CCCC1C(=O)NCC1(c2ccc(F)cc2)CC1. The van der Waals surface area contributed by atoms with Gasteiger partial charge in [-0.15, -0.1) is 0 Å². The topological polar surface area (TPSA) is 58.6 Å². The predicted octanol–water partition coefficient (Wildman–Crippen LogP) is 3.94. The number of hydrogen-bond acceptors (Lipinski definition) is 3. The van der Waals surface area contributed by atoms with E-state index in [1.807, 2.05) is 0 Å². The van der Waals surface area contributed by atoms with Crippen LogP contribution in [-0.4, -0.2) is 43.0 Å². The summed E-state index contributed by atoms with van der Waals surface area (Å²) in [5.41, 5.74) is 1.26. The van der Waals surface area contributed by atoms with E-state index in [1.165, 1.54) is 19.2 Å². The molecule has 2 aromatic rings. The molecule has 0 aromatic heterocycles. The maximum Gasteiger partial charge on any atom is 0.258 e. The first kappa shape index (κ1) is 20.7. The van der Waals surface area contributed by atoms with Crippen molar-refractivity contribution >= 4 is 23.4 Å². The van der Waals surface area contributed by atoms with Crippen molar-refractivity contribution in [3.63, 3.8) is 0 Å². The van der Waals surface area contributed by atoms with E-state index in [4.69, 9.17) is 16.3 Å². The Bertz CT molecular complexity index is 959. The van der Waals surface area contributed by atoms with E-state index >= 15 is 0 Å². The van der Waals surface area contributed by atoms with Crippen LogP contribution in [0.3, 0.4) is 0 Å².